The van der Waals surface area contributed by atoms with Crippen LogP contribution in [0, 0.1) is 6.92 Å². The van der Waals surface area contributed by atoms with E-state index in [1.54, 1.807) is 30.3 Å². The average Bonchev–Trinajstić information content (AvgIpc) is 2.56. The Labute approximate surface area is 135 Å². The van der Waals surface area contributed by atoms with Crippen molar-refractivity contribution < 1.29 is 19.1 Å². The number of hydrogen-bond acceptors (Lipinski definition) is 4. The number of carbonyl (C=O) groups is 2. The summed E-state index contributed by atoms with van der Waals surface area (Å²) in [6.45, 7) is 5.53. The molecule has 0 saturated carbocycles. The third kappa shape index (κ3) is 3.66. The fourth-order valence-electron chi connectivity index (χ4n) is 2.28. The number of esters is 1. The fourth-order valence-corrected chi connectivity index (χ4v) is 2.28. The van der Waals surface area contributed by atoms with Crippen LogP contribution in [-0.4, -0.2) is 19.4 Å². The lowest BCUT2D eigenvalue weighted by molar-refractivity contribution is 0.0727. The quantitative estimate of drug-likeness (QED) is 0.353. The molecule has 2 rings (SSSR count). The van der Waals surface area contributed by atoms with Gasteiger partial charge in [0.25, 0.3) is 0 Å². The number of carbonyl (C=O) groups excluding carboxylic acids is 2. The summed E-state index contributed by atoms with van der Waals surface area (Å²) >= 11 is 0. The number of rotatable bonds is 6. The highest BCUT2D eigenvalue weighted by molar-refractivity contribution is 5.93. The van der Waals surface area contributed by atoms with E-state index >= 15 is 0 Å². The minimum atomic E-state index is -0.467. The molecule has 0 radical (unpaired) electrons. The number of benzene rings is 2. The first-order valence-electron chi connectivity index (χ1n) is 7.15. The van der Waals surface area contributed by atoms with Gasteiger partial charge in [-0.05, 0) is 37.1 Å². The van der Waals surface area contributed by atoms with Crippen LogP contribution in [0.1, 0.15) is 31.8 Å². The van der Waals surface area contributed by atoms with E-state index in [0.717, 1.165) is 11.8 Å². The SMILES string of the molecule is C=CCc1cc(C=O)cc(OC)c1OC(=O)c1ccccc1C. The third-order valence-electron chi connectivity index (χ3n) is 3.43. The van der Waals surface area contributed by atoms with Crippen molar-refractivity contribution in [3.63, 3.8) is 0 Å². The van der Waals surface area contributed by atoms with Gasteiger partial charge in [0.2, 0.25) is 0 Å². The number of methoxy groups -OCH3 is 1. The molecule has 0 aliphatic carbocycles. The van der Waals surface area contributed by atoms with Gasteiger partial charge in [0.15, 0.2) is 11.5 Å². The second-order valence-electron chi connectivity index (χ2n) is 5.03. The Hall–Kier alpha value is -2.88. The lowest BCUT2D eigenvalue weighted by Crippen LogP contribution is -2.12. The molecule has 0 heterocycles. The Morgan fingerprint density at radius 2 is 2.00 bits per heavy atom. The molecule has 0 saturated heterocycles. The third-order valence-corrected chi connectivity index (χ3v) is 3.43. The van der Waals surface area contributed by atoms with Gasteiger partial charge < -0.3 is 9.47 Å². The van der Waals surface area contributed by atoms with Crippen LogP contribution >= 0.6 is 0 Å². The highest BCUT2D eigenvalue weighted by Crippen LogP contribution is 2.34. The molecule has 0 unspecified atom stereocenters. The predicted octanol–water partition coefficient (Wildman–Crippen LogP) is 3.76. The molecule has 0 aliphatic heterocycles. The van der Waals surface area contributed by atoms with Gasteiger partial charge in [0.1, 0.15) is 6.29 Å². The van der Waals surface area contributed by atoms with Gasteiger partial charge in [0, 0.05) is 11.1 Å². The first-order valence-corrected chi connectivity index (χ1v) is 7.15. The van der Waals surface area contributed by atoms with E-state index in [9.17, 15) is 9.59 Å². The van der Waals surface area contributed by atoms with E-state index in [4.69, 9.17) is 9.47 Å². The normalized spacial score (nSPS) is 10.0. The summed E-state index contributed by atoms with van der Waals surface area (Å²) in [5.74, 6) is 0.185. The lowest BCUT2D eigenvalue weighted by Gasteiger charge is -2.14. The van der Waals surface area contributed by atoms with Crippen LogP contribution in [0.25, 0.3) is 0 Å². The highest BCUT2D eigenvalue weighted by atomic mass is 16.6. The van der Waals surface area contributed by atoms with Crippen LogP contribution in [0.3, 0.4) is 0 Å². The molecule has 0 amide bonds. The maximum absolute atomic E-state index is 12.4. The van der Waals surface area contributed by atoms with Gasteiger partial charge in [-0.15, -0.1) is 6.58 Å². The molecule has 23 heavy (non-hydrogen) atoms. The van der Waals surface area contributed by atoms with Crippen molar-refractivity contribution in [2.24, 2.45) is 0 Å². The van der Waals surface area contributed by atoms with E-state index in [1.807, 2.05) is 19.1 Å². The van der Waals surface area contributed by atoms with Crippen LogP contribution < -0.4 is 9.47 Å². The lowest BCUT2D eigenvalue weighted by atomic mass is 10.1. The molecule has 0 spiro atoms. The summed E-state index contributed by atoms with van der Waals surface area (Å²) < 4.78 is 10.8. The zero-order chi connectivity index (χ0) is 16.8. The Balaban J connectivity index is 2.45. The topological polar surface area (TPSA) is 52.6 Å². The molecule has 0 aromatic heterocycles. The molecular formula is C19H18O4. The first-order chi connectivity index (χ1) is 11.1. The maximum atomic E-state index is 12.4. The number of aldehydes is 1. The van der Waals surface area contributed by atoms with Crippen molar-refractivity contribution >= 4 is 12.3 Å². The average molecular weight is 310 g/mol. The van der Waals surface area contributed by atoms with Crippen molar-refractivity contribution in [1.29, 1.82) is 0 Å². The first kappa shape index (κ1) is 16.5. The van der Waals surface area contributed by atoms with E-state index in [2.05, 4.69) is 6.58 Å². The molecule has 0 aliphatic rings. The Morgan fingerprint density at radius 1 is 1.26 bits per heavy atom. The molecule has 4 nitrogen and oxygen atoms in total. The Kier molecular flexibility index (Phi) is 5.31. The minimum Gasteiger partial charge on any atom is -0.493 e. The van der Waals surface area contributed by atoms with Gasteiger partial charge in [-0.1, -0.05) is 24.3 Å². The molecule has 2 aromatic carbocycles. The Morgan fingerprint density at radius 3 is 2.61 bits per heavy atom. The van der Waals surface area contributed by atoms with Gasteiger partial charge in [-0.2, -0.15) is 0 Å². The summed E-state index contributed by atoms with van der Waals surface area (Å²) in [6, 6.07) is 10.4. The van der Waals surface area contributed by atoms with Gasteiger partial charge >= 0.3 is 5.97 Å². The second kappa shape index (κ2) is 7.40. The minimum absolute atomic E-state index is 0.311. The number of aryl methyl sites for hydroxylation is 1. The van der Waals surface area contributed by atoms with Crippen LogP contribution in [0.4, 0.5) is 0 Å². The van der Waals surface area contributed by atoms with Crippen molar-refractivity contribution in [3.8, 4) is 11.5 Å². The molecule has 118 valence electrons. The molecule has 0 bridgehead atoms. The van der Waals surface area contributed by atoms with Crippen LogP contribution in [0.2, 0.25) is 0 Å². The summed E-state index contributed by atoms with van der Waals surface area (Å²) in [5.41, 5.74) is 2.43. The van der Waals surface area contributed by atoms with Crippen molar-refractivity contribution in [2.45, 2.75) is 13.3 Å². The number of hydrogen-bond donors (Lipinski definition) is 0. The van der Waals surface area contributed by atoms with Crippen LogP contribution in [-0.2, 0) is 6.42 Å². The van der Waals surface area contributed by atoms with Gasteiger partial charge in [-0.3, -0.25) is 4.79 Å². The Bertz CT molecular complexity index is 747. The smallest absolute Gasteiger partial charge is 0.343 e. The van der Waals surface area contributed by atoms with Crippen molar-refractivity contribution in [2.75, 3.05) is 7.11 Å². The molecule has 0 fully saturated rings. The van der Waals surface area contributed by atoms with E-state index in [-0.39, 0.29) is 0 Å². The maximum Gasteiger partial charge on any atom is 0.343 e. The predicted molar refractivity (Wildman–Crippen MR) is 88.4 cm³/mol. The largest absolute Gasteiger partial charge is 0.493 e. The van der Waals surface area contributed by atoms with Crippen molar-refractivity contribution in [3.05, 3.63) is 71.3 Å². The molecule has 0 atom stereocenters. The van der Waals surface area contributed by atoms with Gasteiger partial charge in [-0.25, -0.2) is 4.79 Å². The number of allylic oxidation sites excluding steroid dienone is 1. The molecule has 2 aromatic rings. The summed E-state index contributed by atoms with van der Waals surface area (Å²) in [7, 11) is 1.46. The molecule has 4 heteroatoms. The van der Waals surface area contributed by atoms with Crippen molar-refractivity contribution in [1.82, 2.24) is 0 Å². The monoisotopic (exact) mass is 310 g/mol. The van der Waals surface area contributed by atoms with Gasteiger partial charge in [0.05, 0.1) is 12.7 Å². The highest BCUT2D eigenvalue weighted by Gasteiger charge is 2.18. The standard InChI is InChI=1S/C19H18O4/c1-4-7-15-10-14(12-20)11-17(22-3)18(15)23-19(21)16-9-6-5-8-13(16)2/h4-6,8-12H,1,7H2,2-3H3. The molecular weight excluding hydrogens is 292 g/mol. The summed E-state index contributed by atoms with van der Waals surface area (Å²) in [6.07, 6.45) is 2.85. The zero-order valence-corrected chi connectivity index (χ0v) is 13.2. The number of ether oxygens (including phenoxy) is 2. The fraction of sp³-hybridized carbons (Fsp3) is 0.158. The summed E-state index contributed by atoms with van der Waals surface area (Å²) in [5, 5.41) is 0. The van der Waals surface area contributed by atoms with E-state index in [0.29, 0.717) is 34.6 Å². The molecule has 0 N–H and O–H groups in total. The van der Waals surface area contributed by atoms with E-state index in [1.165, 1.54) is 7.11 Å². The second-order valence-corrected chi connectivity index (χ2v) is 5.03. The summed E-state index contributed by atoms with van der Waals surface area (Å²) in [4.78, 5) is 23.5. The van der Waals surface area contributed by atoms with Crippen LogP contribution in [0.15, 0.2) is 49.1 Å². The van der Waals surface area contributed by atoms with Crippen LogP contribution in [0.5, 0.6) is 11.5 Å². The van der Waals surface area contributed by atoms with E-state index < -0.39 is 5.97 Å². The zero-order valence-electron chi connectivity index (χ0n) is 13.2.